The van der Waals surface area contributed by atoms with Crippen LogP contribution in [0.2, 0.25) is 0 Å². The summed E-state index contributed by atoms with van der Waals surface area (Å²) in [5.74, 6) is 1.48. The number of hydrogen-bond acceptors (Lipinski definition) is 6. The molecule has 6 nitrogen and oxygen atoms in total. The van der Waals surface area contributed by atoms with Crippen molar-refractivity contribution < 1.29 is 19.0 Å². The van der Waals surface area contributed by atoms with E-state index in [0.29, 0.717) is 17.9 Å². The predicted molar refractivity (Wildman–Crippen MR) is 101 cm³/mol. The summed E-state index contributed by atoms with van der Waals surface area (Å²) in [5.41, 5.74) is 1.76. The highest BCUT2D eigenvalue weighted by atomic mass is 32.1. The second-order valence-corrected chi connectivity index (χ2v) is 7.06. The zero-order chi connectivity index (χ0) is 18.5. The lowest BCUT2D eigenvalue weighted by Gasteiger charge is -2.31. The summed E-state index contributed by atoms with van der Waals surface area (Å²) in [7, 11) is 4.95. The molecule has 0 saturated carbocycles. The first-order valence-electron chi connectivity index (χ1n) is 8.62. The second-order valence-electron chi connectivity index (χ2n) is 6.21. The van der Waals surface area contributed by atoms with E-state index in [1.807, 2.05) is 28.5 Å². The van der Waals surface area contributed by atoms with E-state index in [1.165, 1.54) is 11.3 Å². The highest BCUT2D eigenvalue weighted by Crippen LogP contribution is 2.33. The molecule has 0 bridgehead atoms. The average molecular weight is 376 g/mol. The van der Waals surface area contributed by atoms with Crippen LogP contribution < -0.4 is 9.47 Å². The van der Waals surface area contributed by atoms with Gasteiger partial charge in [0.05, 0.1) is 32.4 Å². The van der Waals surface area contributed by atoms with Crippen LogP contribution in [0, 0.1) is 0 Å². The molecule has 2 heterocycles. The number of aromatic nitrogens is 1. The summed E-state index contributed by atoms with van der Waals surface area (Å²) in [6, 6.07) is 5.71. The summed E-state index contributed by atoms with van der Waals surface area (Å²) in [5, 5.41) is 2.82. The lowest BCUT2D eigenvalue weighted by Crippen LogP contribution is -2.41. The summed E-state index contributed by atoms with van der Waals surface area (Å²) >= 11 is 1.53. The van der Waals surface area contributed by atoms with Crippen LogP contribution in [0.3, 0.4) is 0 Å². The van der Waals surface area contributed by atoms with Gasteiger partial charge in [0.15, 0.2) is 11.5 Å². The third-order valence-electron chi connectivity index (χ3n) is 4.64. The fraction of sp³-hybridized carbons (Fsp3) is 0.474. The van der Waals surface area contributed by atoms with Gasteiger partial charge >= 0.3 is 0 Å². The number of ether oxygens (including phenoxy) is 3. The van der Waals surface area contributed by atoms with E-state index in [0.717, 1.165) is 42.2 Å². The molecule has 0 aliphatic carbocycles. The van der Waals surface area contributed by atoms with Crippen molar-refractivity contribution >= 4 is 17.2 Å². The topological polar surface area (TPSA) is 60.9 Å². The molecule has 26 heavy (non-hydrogen) atoms. The highest BCUT2D eigenvalue weighted by molar-refractivity contribution is 7.13. The van der Waals surface area contributed by atoms with Crippen LogP contribution in [-0.2, 0) is 16.0 Å². The monoisotopic (exact) mass is 376 g/mol. The van der Waals surface area contributed by atoms with Gasteiger partial charge in [0.1, 0.15) is 5.01 Å². The Morgan fingerprint density at radius 3 is 2.58 bits per heavy atom. The van der Waals surface area contributed by atoms with Gasteiger partial charge in [0.25, 0.3) is 0 Å². The molecule has 0 atom stereocenters. The number of piperidine rings is 1. The maximum Gasteiger partial charge on any atom is 0.228 e. The molecule has 1 amide bonds. The molecule has 0 spiro atoms. The van der Waals surface area contributed by atoms with Crippen molar-refractivity contribution in [2.45, 2.75) is 25.4 Å². The van der Waals surface area contributed by atoms with Crippen LogP contribution in [0.25, 0.3) is 10.6 Å². The number of carbonyl (C=O) groups is 1. The van der Waals surface area contributed by atoms with Crippen LogP contribution >= 0.6 is 11.3 Å². The SMILES string of the molecule is COc1ccc(-c2nc(CC(=O)N3CCC(OC)CC3)cs2)cc1OC. The fourth-order valence-corrected chi connectivity index (χ4v) is 3.91. The molecular weight excluding hydrogens is 352 g/mol. The van der Waals surface area contributed by atoms with E-state index in [1.54, 1.807) is 21.3 Å². The van der Waals surface area contributed by atoms with Crippen LogP contribution in [-0.4, -0.2) is 56.3 Å². The number of carbonyl (C=O) groups excluding carboxylic acids is 1. The van der Waals surface area contributed by atoms with Gasteiger partial charge in [-0.3, -0.25) is 4.79 Å². The molecule has 3 rings (SSSR count). The quantitative estimate of drug-likeness (QED) is 0.776. The Bertz CT molecular complexity index is 754. The predicted octanol–water partition coefficient (Wildman–Crippen LogP) is 3.01. The number of amides is 1. The van der Waals surface area contributed by atoms with Crippen molar-refractivity contribution in [2.75, 3.05) is 34.4 Å². The van der Waals surface area contributed by atoms with Crippen LogP contribution in [0.15, 0.2) is 23.6 Å². The first kappa shape index (κ1) is 18.7. The zero-order valence-corrected chi connectivity index (χ0v) is 16.2. The molecule has 1 saturated heterocycles. The van der Waals surface area contributed by atoms with E-state index in [4.69, 9.17) is 14.2 Å². The van der Waals surface area contributed by atoms with Crippen molar-refractivity contribution in [3.8, 4) is 22.1 Å². The highest BCUT2D eigenvalue weighted by Gasteiger charge is 2.23. The normalized spacial score (nSPS) is 15.1. The first-order valence-corrected chi connectivity index (χ1v) is 9.50. The molecule has 0 radical (unpaired) electrons. The molecule has 140 valence electrons. The number of rotatable bonds is 6. The van der Waals surface area contributed by atoms with Gasteiger partial charge in [-0.05, 0) is 31.0 Å². The maximum atomic E-state index is 12.5. The molecule has 1 aromatic carbocycles. The number of benzene rings is 1. The van der Waals surface area contributed by atoms with Crippen molar-refractivity contribution in [2.24, 2.45) is 0 Å². The minimum Gasteiger partial charge on any atom is -0.493 e. The second kappa shape index (κ2) is 8.51. The zero-order valence-electron chi connectivity index (χ0n) is 15.4. The molecule has 0 unspecified atom stereocenters. The number of methoxy groups -OCH3 is 3. The van der Waals surface area contributed by atoms with E-state index < -0.39 is 0 Å². The van der Waals surface area contributed by atoms with Gasteiger partial charge in [-0.2, -0.15) is 0 Å². The summed E-state index contributed by atoms with van der Waals surface area (Å²) < 4.78 is 16.0. The van der Waals surface area contributed by atoms with Crippen molar-refractivity contribution in [3.05, 3.63) is 29.3 Å². The van der Waals surface area contributed by atoms with Crippen molar-refractivity contribution in [3.63, 3.8) is 0 Å². The van der Waals surface area contributed by atoms with Gasteiger partial charge in [-0.15, -0.1) is 11.3 Å². The Hall–Kier alpha value is -2.12. The Kier molecular flexibility index (Phi) is 6.11. The smallest absolute Gasteiger partial charge is 0.228 e. The van der Waals surface area contributed by atoms with Crippen molar-refractivity contribution in [1.29, 1.82) is 0 Å². The molecule has 0 N–H and O–H groups in total. The molecule has 1 aliphatic rings. The molecule has 1 fully saturated rings. The number of nitrogens with zero attached hydrogens (tertiary/aromatic N) is 2. The fourth-order valence-electron chi connectivity index (χ4n) is 3.10. The van der Waals surface area contributed by atoms with E-state index in [2.05, 4.69) is 4.98 Å². The Morgan fingerprint density at radius 1 is 1.19 bits per heavy atom. The minimum atomic E-state index is 0.128. The Balaban J connectivity index is 1.66. The van der Waals surface area contributed by atoms with Crippen LogP contribution in [0.1, 0.15) is 18.5 Å². The number of hydrogen-bond donors (Lipinski definition) is 0. The molecule has 2 aromatic rings. The van der Waals surface area contributed by atoms with E-state index >= 15 is 0 Å². The maximum absolute atomic E-state index is 12.5. The van der Waals surface area contributed by atoms with Crippen molar-refractivity contribution in [1.82, 2.24) is 9.88 Å². The van der Waals surface area contributed by atoms with Gasteiger partial charge < -0.3 is 19.1 Å². The molecule has 1 aliphatic heterocycles. The lowest BCUT2D eigenvalue weighted by atomic mass is 10.1. The van der Waals surface area contributed by atoms with Gasteiger partial charge in [-0.25, -0.2) is 4.98 Å². The van der Waals surface area contributed by atoms with Gasteiger partial charge in [-0.1, -0.05) is 0 Å². The Labute approximate surface area is 157 Å². The minimum absolute atomic E-state index is 0.128. The standard InChI is InChI=1S/C19H24N2O4S/c1-23-15-6-8-21(9-7-15)18(22)11-14-12-26-19(20-14)13-4-5-16(24-2)17(10-13)25-3/h4-5,10,12,15H,6-9,11H2,1-3H3. The summed E-state index contributed by atoms with van der Waals surface area (Å²) in [6.07, 6.45) is 2.41. The third-order valence-corrected chi connectivity index (χ3v) is 5.58. The van der Waals surface area contributed by atoms with E-state index in [9.17, 15) is 4.79 Å². The largest absolute Gasteiger partial charge is 0.493 e. The Morgan fingerprint density at radius 2 is 1.92 bits per heavy atom. The van der Waals surface area contributed by atoms with Crippen LogP contribution in [0.5, 0.6) is 11.5 Å². The first-order chi connectivity index (χ1) is 12.6. The van der Waals surface area contributed by atoms with E-state index in [-0.39, 0.29) is 12.0 Å². The number of thiazole rings is 1. The average Bonchev–Trinajstić information content (AvgIpc) is 3.15. The molecular formula is C19H24N2O4S. The summed E-state index contributed by atoms with van der Waals surface area (Å²) in [6.45, 7) is 1.51. The molecule has 1 aromatic heterocycles. The lowest BCUT2D eigenvalue weighted by molar-refractivity contribution is -0.132. The summed E-state index contributed by atoms with van der Waals surface area (Å²) in [4.78, 5) is 19.0. The van der Waals surface area contributed by atoms with Gasteiger partial charge in [0.2, 0.25) is 5.91 Å². The molecule has 7 heteroatoms. The third kappa shape index (κ3) is 4.16. The van der Waals surface area contributed by atoms with Crippen LogP contribution in [0.4, 0.5) is 0 Å². The van der Waals surface area contributed by atoms with Gasteiger partial charge in [0, 0.05) is 31.1 Å². The number of likely N-dealkylation sites (tertiary alicyclic amines) is 1.